The van der Waals surface area contributed by atoms with Gasteiger partial charge in [0.25, 0.3) is 0 Å². The maximum absolute atomic E-state index is 12.9. The molecule has 32 heavy (non-hydrogen) atoms. The topological polar surface area (TPSA) is 212 Å². The number of nitrogens with two attached hydrogens (primary N) is 4. The highest BCUT2D eigenvalue weighted by Gasteiger charge is 2.29. The van der Waals surface area contributed by atoms with Gasteiger partial charge in [-0.15, -0.1) is 0 Å². The molecule has 0 aliphatic rings. The van der Waals surface area contributed by atoms with Crippen molar-refractivity contribution in [2.24, 2.45) is 33.8 Å². The third kappa shape index (κ3) is 9.21. The van der Waals surface area contributed by atoms with E-state index < -0.39 is 35.8 Å². The summed E-state index contributed by atoms with van der Waals surface area (Å²) in [4.78, 5) is 41.2. The molecule has 0 saturated carbocycles. The van der Waals surface area contributed by atoms with Crippen LogP contribution in [0.2, 0.25) is 0 Å². The quantitative estimate of drug-likeness (QED) is 0.111. The Kier molecular flexibility index (Phi) is 11.0. The molecule has 3 amide bonds. The molecule has 0 aliphatic carbocycles. The van der Waals surface area contributed by atoms with Crippen molar-refractivity contribution in [1.29, 1.82) is 0 Å². The lowest BCUT2D eigenvalue weighted by Crippen LogP contribution is -2.56. The maximum atomic E-state index is 12.9. The van der Waals surface area contributed by atoms with Crippen LogP contribution in [0, 0.1) is 5.92 Å². The van der Waals surface area contributed by atoms with Crippen molar-refractivity contribution in [2.45, 2.75) is 57.7 Å². The molecule has 1 aromatic rings. The molecule has 0 saturated heterocycles. The number of nitrogens with one attached hydrogen (secondary N) is 2. The zero-order valence-corrected chi connectivity index (χ0v) is 18.6. The predicted molar refractivity (Wildman–Crippen MR) is 122 cm³/mol. The van der Waals surface area contributed by atoms with Gasteiger partial charge in [-0.1, -0.05) is 32.4 Å². The van der Waals surface area contributed by atoms with Crippen molar-refractivity contribution in [2.75, 3.05) is 6.54 Å². The van der Waals surface area contributed by atoms with Gasteiger partial charge in [0.05, 0.1) is 6.04 Å². The monoisotopic (exact) mass is 449 g/mol. The first-order valence-corrected chi connectivity index (χ1v) is 10.5. The molecule has 0 unspecified atom stereocenters. The lowest BCUT2D eigenvalue weighted by atomic mass is 9.97. The van der Waals surface area contributed by atoms with Crippen molar-refractivity contribution in [3.8, 4) is 5.75 Å². The van der Waals surface area contributed by atoms with E-state index in [9.17, 15) is 19.5 Å². The number of hydrogen-bond acceptors (Lipinski definition) is 6. The van der Waals surface area contributed by atoms with Gasteiger partial charge in [-0.3, -0.25) is 19.4 Å². The molecule has 0 spiro atoms. The third-order valence-electron chi connectivity index (χ3n) is 5.12. The van der Waals surface area contributed by atoms with E-state index in [0.717, 1.165) is 5.56 Å². The molecule has 0 heterocycles. The Bertz CT molecular complexity index is 794. The molecule has 1 aromatic carbocycles. The van der Waals surface area contributed by atoms with Gasteiger partial charge in [-0.25, -0.2) is 0 Å². The minimum atomic E-state index is -0.950. The molecule has 0 aromatic heterocycles. The molecule has 11 heteroatoms. The first-order chi connectivity index (χ1) is 15.0. The molecule has 0 bridgehead atoms. The zero-order valence-electron chi connectivity index (χ0n) is 18.6. The number of primary amides is 1. The van der Waals surface area contributed by atoms with E-state index in [2.05, 4.69) is 15.6 Å². The van der Waals surface area contributed by atoms with Crippen molar-refractivity contribution in [3.05, 3.63) is 29.8 Å². The largest absolute Gasteiger partial charge is 0.508 e. The summed E-state index contributed by atoms with van der Waals surface area (Å²) < 4.78 is 0. The van der Waals surface area contributed by atoms with Crippen LogP contribution in [0.15, 0.2) is 29.3 Å². The third-order valence-corrected chi connectivity index (χ3v) is 5.12. The van der Waals surface area contributed by atoms with Gasteiger partial charge in [0, 0.05) is 6.54 Å². The molecular formula is C21H35N7O4. The Morgan fingerprint density at radius 3 is 2.22 bits per heavy atom. The molecular weight excluding hydrogens is 414 g/mol. The molecule has 4 atom stereocenters. The molecule has 0 fully saturated rings. The van der Waals surface area contributed by atoms with Crippen LogP contribution in [0.4, 0.5) is 0 Å². The van der Waals surface area contributed by atoms with Gasteiger partial charge in [0.15, 0.2) is 5.96 Å². The zero-order chi connectivity index (χ0) is 24.3. The average Bonchev–Trinajstić information content (AvgIpc) is 2.74. The summed E-state index contributed by atoms with van der Waals surface area (Å²) in [5.41, 5.74) is 22.8. The minimum absolute atomic E-state index is 0.0727. The SMILES string of the molecule is CC[C@H](C)[C@H](NC(=O)[C@H](CCCN=C(N)N)NC(=O)[C@@H](N)Cc1ccc(O)cc1)C(N)=O. The molecule has 0 aliphatic heterocycles. The summed E-state index contributed by atoms with van der Waals surface area (Å²) in [6.45, 7) is 3.95. The Hall–Kier alpha value is -3.34. The van der Waals surface area contributed by atoms with Crippen molar-refractivity contribution >= 4 is 23.7 Å². The number of nitrogens with zero attached hydrogens (tertiary/aromatic N) is 1. The standard InChI is InChI=1S/C21H35N7O4/c1-3-12(2)17(18(23)30)28-20(32)16(5-4-10-26-21(24)25)27-19(31)15(22)11-13-6-8-14(29)9-7-13/h6-9,12,15-17,29H,3-5,10-11,22H2,1-2H3,(H2,23,30)(H,27,31)(H,28,32)(H4,24,25,26)/t12-,15-,16-,17-/m0/s1. The number of aliphatic imine (C=N–C) groups is 1. The highest BCUT2D eigenvalue weighted by Crippen LogP contribution is 2.12. The van der Waals surface area contributed by atoms with Crippen LogP contribution in [0.3, 0.4) is 0 Å². The lowest BCUT2D eigenvalue weighted by Gasteiger charge is -2.25. The van der Waals surface area contributed by atoms with Gasteiger partial charge in [-0.2, -0.15) is 0 Å². The average molecular weight is 450 g/mol. The summed E-state index contributed by atoms with van der Waals surface area (Å²) in [5.74, 6) is -1.86. The number of amides is 3. The van der Waals surface area contributed by atoms with Gasteiger partial charge in [-0.05, 0) is 42.9 Å². The summed E-state index contributed by atoms with van der Waals surface area (Å²) >= 11 is 0. The first-order valence-electron chi connectivity index (χ1n) is 10.5. The van der Waals surface area contributed by atoms with Gasteiger partial charge >= 0.3 is 0 Å². The van der Waals surface area contributed by atoms with Gasteiger partial charge in [0.1, 0.15) is 17.8 Å². The van der Waals surface area contributed by atoms with E-state index in [1.165, 1.54) is 12.1 Å². The second-order valence-electron chi connectivity index (χ2n) is 7.76. The summed E-state index contributed by atoms with van der Waals surface area (Å²) in [5, 5.41) is 14.7. The fourth-order valence-electron chi connectivity index (χ4n) is 3.01. The van der Waals surface area contributed by atoms with Crippen molar-refractivity contribution in [1.82, 2.24) is 10.6 Å². The Labute approximate surface area is 188 Å². The molecule has 1 rings (SSSR count). The molecule has 0 radical (unpaired) electrons. The van der Waals surface area contributed by atoms with Crippen LogP contribution in [-0.4, -0.2) is 53.5 Å². The molecule has 11 N–H and O–H groups in total. The highest BCUT2D eigenvalue weighted by atomic mass is 16.3. The number of phenolic OH excluding ortho intramolecular Hbond substituents is 1. The van der Waals surface area contributed by atoms with E-state index >= 15 is 0 Å². The number of rotatable bonds is 13. The number of aromatic hydroxyl groups is 1. The maximum Gasteiger partial charge on any atom is 0.243 e. The minimum Gasteiger partial charge on any atom is -0.508 e. The number of hydrogen-bond donors (Lipinski definition) is 7. The number of carbonyl (C=O) groups excluding carboxylic acids is 3. The van der Waals surface area contributed by atoms with Crippen molar-refractivity contribution < 1.29 is 19.5 Å². The number of benzene rings is 1. The van der Waals surface area contributed by atoms with Crippen LogP contribution in [0.5, 0.6) is 5.75 Å². The molecule has 11 nitrogen and oxygen atoms in total. The summed E-state index contributed by atoms with van der Waals surface area (Å²) in [7, 11) is 0. The van der Waals surface area contributed by atoms with Crippen LogP contribution < -0.4 is 33.6 Å². The molecule has 178 valence electrons. The van der Waals surface area contributed by atoms with Crippen LogP contribution >= 0.6 is 0 Å². The summed E-state index contributed by atoms with van der Waals surface area (Å²) in [6.07, 6.45) is 1.48. The Morgan fingerprint density at radius 2 is 1.69 bits per heavy atom. The van der Waals surface area contributed by atoms with Gasteiger partial charge in [0.2, 0.25) is 17.7 Å². The fraction of sp³-hybridized carbons (Fsp3) is 0.524. The van der Waals surface area contributed by atoms with E-state index in [-0.39, 0.29) is 37.0 Å². The number of phenols is 1. The normalized spacial score (nSPS) is 14.5. The van der Waals surface area contributed by atoms with Crippen LogP contribution in [0.25, 0.3) is 0 Å². The van der Waals surface area contributed by atoms with E-state index in [1.807, 2.05) is 6.92 Å². The second kappa shape index (κ2) is 13.2. The van der Waals surface area contributed by atoms with Gasteiger partial charge < -0.3 is 38.7 Å². The fourth-order valence-corrected chi connectivity index (χ4v) is 3.01. The Balaban J connectivity index is 2.87. The highest BCUT2D eigenvalue weighted by molar-refractivity contribution is 5.92. The van der Waals surface area contributed by atoms with Crippen LogP contribution in [-0.2, 0) is 20.8 Å². The number of guanidine groups is 1. The van der Waals surface area contributed by atoms with E-state index in [0.29, 0.717) is 12.8 Å². The first kappa shape index (κ1) is 26.7. The predicted octanol–water partition coefficient (Wildman–Crippen LogP) is -1.18. The smallest absolute Gasteiger partial charge is 0.243 e. The van der Waals surface area contributed by atoms with Crippen molar-refractivity contribution in [3.63, 3.8) is 0 Å². The Morgan fingerprint density at radius 1 is 1.06 bits per heavy atom. The van der Waals surface area contributed by atoms with E-state index in [4.69, 9.17) is 22.9 Å². The summed E-state index contributed by atoms with van der Waals surface area (Å²) in [6, 6.07) is 3.58. The lowest BCUT2D eigenvalue weighted by molar-refractivity contribution is -0.132. The van der Waals surface area contributed by atoms with E-state index in [1.54, 1.807) is 19.1 Å². The number of carbonyl (C=O) groups is 3. The second-order valence-corrected chi connectivity index (χ2v) is 7.76. The van der Waals surface area contributed by atoms with Crippen LogP contribution in [0.1, 0.15) is 38.7 Å².